The summed E-state index contributed by atoms with van der Waals surface area (Å²) < 4.78 is 13.8. The topological polar surface area (TPSA) is 36.1 Å². The lowest BCUT2D eigenvalue weighted by Gasteiger charge is -2.46. The third-order valence-electron chi connectivity index (χ3n) is 5.82. The largest absolute Gasteiger partial charge is 0.313 e. The summed E-state index contributed by atoms with van der Waals surface area (Å²) >= 11 is 6.21. The van der Waals surface area contributed by atoms with Gasteiger partial charge in [0, 0.05) is 12.1 Å². The molecular weight excluding hydrogens is 289 g/mol. The third kappa shape index (κ3) is 3.72. The third-order valence-corrected chi connectivity index (χ3v) is 6.11. The molecule has 1 aliphatic carbocycles. The van der Waals surface area contributed by atoms with Crippen LogP contribution in [0.25, 0.3) is 0 Å². The van der Waals surface area contributed by atoms with Gasteiger partial charge < -0.3 is 5.32 Å². The molecule has 0 aromatic carbocycles. The Morgan fingerprint density at radius 1 is 1.05 bits per heavy atom. The van der Waals surface area contributed by atoms with E-state index in [1.165, 1.54) is 12.8 Å². The molecule has 21 heavy (non-hydrogen) atoms. The van der Waals surface area contributed by atoms with Crippen molar-refractivity contribution in [2.75, 3.05) is 13.1 Å². The van der Waals surface area contributed by atoms with E-state index in [1.54, 1.807) is 0 Å². The van der Waals surface area contributed by atoms with Crippen LogP contribution in [-0.2, 0) is 0 Å². The van der Waals surface area contributed by atoms with Crippen LogP contribution in [0, 0.1) is 17.8 Å². The van der Waals surface area contributed by atoms with Crippen LogP contribution in [0.15, 0.2) is 0 Å². The molecule has 1 saturated carbocycles. The van der Waals surface area contributed by atoms with Crippen molar-refractivity contribution in [1.29, 1.82) is 0 Å². The summed E-state index contributed by atoms with van der Waals surface area (Å²) in [6.07, 6.45) is 5.87. The van der Waals surface area contributed by atoms with Crippen molar-refractivity contribution >= 4 is 11.6 Å². The Balaban J connectivity index is 1.66. The van der Waals surface area contributed by atoms with Crippen molar-refractivity contribution in [3.8, 4) is 0 Å². The second kappa shape index (κ2) is 7.12. The van der Waals surface area contributed by atoms with Crippen LogP contribution in [0.5, 0.6) is 0 Å². The Hall–Kier alpha value is 0.1000. The molecule has 0 aromatic rings. The minimum atomic E-state index is -0.590. The van der Waals surface area contributed by atoms with Gasteiger partial charge in [-0.15, -0.1) is 0 Å². The summed E-state index contributed by atoms with van der Waals surface area (Å²) in [7, 11) is 0. The van der Waals surface area contributed by atoms with Crippen molar-refractivity contribution in [1.82, 2.24) is 16.0 Å². The summed E-state index contributed by atoms with van der Waals surface area (Å²) in [6, 6.07) is 1.03. The molecule has 2 aliphatic heterocycles. The number of hydrogen-bond donors (Lipinski definition) is 3. The van der Waals surface area contributed by atoms with E-state index in [-0.39, 0.29) is 11.5 Å². The molecule has 0 spiro atoms. The van der Waals surface area contributed by atoms with E-state index in [9.17, 15) is 4.39 Å². The van der Waals surface area contributed by atoms with Gasteiger partial charge in [-0.25, -0.2) is 4.39 Å². The van der Waals surface area contributed by atoms with E-state index in [1.807, 2.05) is 0 Å². The van der Waals surface area contributed by atoms with Crippen LogP contribution < -0.4 is 16.0 Å². The smallest absolute Gasteiger partial charge is 0.135 e. The Bertz CT molecular complexity index is 343. The molecule has 0 amide bonds. The Morgan fingerprint density at radius 3 is 2.67 bits per heavy atom. The van der Waals surface area contributed by atoms with Crippen LogP contribution >= 0.6 is 11.6 Å². The standard InChI is InChI=1S/C16H29ClFN3/c1-10-9-11(4-5-13(10)18)15-12(3-2-7-19-15)14-6-8-20-16(17)21-14/h10-16,19-21H,2-9H2,1H3. The number of hydrogen-bond acceptors (Lipinski definition) is 3. The maximum atomic E-state index is 13.8. The van der Waals surface area contributed by atoms with Crippen molar-refractivity contribution in [3.05, 3.63) is 0 Å². The average molecular weight is 318 g/mol. The molecule has 3 N–H and O–H groups in total. The number of rotatable bonds is 2. The summed E-state index contributed by atoms with van der Waals surface area (Å²) in [4.78, 5) is 0. The number of alkyl halides is 2. The first-order valence-corrected chi connectivity index (χ1v) is 9.09. The first kappa shape index (κ1) is 16.0. The van der Waals surface area contributed by atoms with Gasteiger partial charge in [0.2, 0.25) is 0 Å². The molecule has 3 nitrogen and oxygen atoms in total. The first-order chi connectivity index (χ1) is 10.1. The summed E-state index contributed by atoms with van der Waals surface area (Å²) in [5.41, 5.74) is -0.105. The second-order valence-corrected chi connectivity index (χ2v) is 7.67. The zero-order valence-electron chi connectivity index (χ0n) is 13.0. The van der Waals surface area contributed by atoms with Gasteiger partial charge in [-0.2, -0.15) is 0 Å². The van der Waals surface area contributed by atoms with Gasteiger partial charge in [0.1, 0.15) is 11.8 Å². The lowest BCUT2D eigenvalue weighted by Crippen LogP contribution is -2.60. The molecule has 3 rings (SSSR count). The van der Waals surface area contributed by atoms with Crippen molar-refractivity contribution in [3.63, 3.8) is 0 Å². The fraction of sp³-hybridized carbons (Fsp3) is 1.00. The average Bonchev–Trinajstić information content (AvgIpc) is 2.50. The lowest BCUT2D eigenvalue weighted by molar-refractivity contribution is 0.0746. The highest BCUT2D eigenvalue weighted by molar-refractivity contribution is 6.20. The molecule has 7 unspecified atom stereocenters. The SMILES string of the molecule is CC1CC(C2NCCCC2C2CCNC(Cl)N2)CCC1F. The quantitative estimate of drug-likeness (QED) is 0.541. The van der Waals surface area contributed by atoms with E-state index in [0.29, 0.717) is 23.9 Å². The number of piperidine rings is 1. The summed E-state index contributed by atoms with van der Waals surface area (Å²) in [5, 5.41) is 10.5. The van der Waals surface area contributed by atoms with Crippen LogP contribution in [0.1, 0.15) is 45.4 Å². The van der Waals surface area contributed by atoms with E-state index in [2.05, 4.69) is 22.9 Å². The van der Waals surface area contributed by atoms with Gasteiger partial charge in [0.15, 0.2) is 0 Å². The molecule has 2 heterocycles. The number of nitrogens with one attached hydrogen (secondary N) is 3. The van der Waals surface area contributed by atoms with Gasteiger partial charge in [-0.05, 0) is 69.4 Å². The summed E-state index contributed by atoms with van der Waals surface area (Å²) in [5.74, 6) is 1.48. The van der Waals surface area contributed by atoms with Gasteiger partial charge in [-0.1, -0.05) is 18.5 Å². The molecular formula is C16H29ClFN3. The molecule has 0 radical (unpaired) electrons. The van der Waals surface area contributed by atoms with E-state index in [0.717, 1.165) is 38.8 Å². The molecule has 2 saturated heterocycles. The Labute approximate surface area is 132 Å². The minimum absolute atomic E-state index is 0.105. The second-order valence-electron chi connectivity index (χ2n) is 7.23. The zero-order chi connectivity index (χ0) is 14.8. The molecule has 0 bridgehead atoms. The molecule has 7 atom stereocenters. The molecule has 3 fully saturated rings. The highest BCUT2D eigenvalue weighted by Gasteiger charge is 2.40. The maximum absolute atomic E-state index is 13.8. The fourth-order valence-corrected chi connectivity index (χ4v) is 4.94. The van der Waals surface area contributed by atoms with Crippen LogP contribution in [0.3, 0.4) is 0 Å². The highest BCUT2D eigenvalue weighted by atomic mass is 35.5. The summed E-state index contributed by atoms with van der Waals surface area (Å²) in [6.45, 7) is 4.18. The maximum Gasteiger partial charge on any atom is 0.135 e. The highest BCUT2D eigenvalue weighted by Crippen LogP contribution is 2.38. The predicted molar refractivity (Wildman–Crippen MR) is 85.1 cm³/mol. The lowest BCUT2D eigenvalue weighted by atomic mass is 9.70. The van der Waals surface area contributed by atoms with E-state index in [4.69, 9.17) is 11.6 Å². The number of halogens is 2. The normalized spacial score (nSPS) is 49.0. The first-order valence-electron chi connectivity index (χ1n) is 8.66. The monoisotopic (exact) mass is 317 g/mol. The minimum Gasteiger partial charge on any atom is -0.313 e. The van der Waals surface area contributed by atoms with Gasteiger partial charge in [0.05, 0.1) is 0 Å². The Morgan fingerprint density at radius 2 is 1.90 bits per heavy atom. The van der Waals surface area contributed by atoms with Gasteiger partial charge in [-0.3, -0.25) is 10.6 Å². The van der Waals surface area contributed by atoms with Crippen molar-refractivity contribution in [2.45, 2.75) is 69.3 Å². The van der Waals surface area contributed by atoms with Gasteiger partial charge in [0.25, 0.3) is 0 Å². The van der Waals surface area contributed by atoms with Crippen molar-refractivity contribution in [2.24, 2.45) is 17.8 Å². The molecule has 5 heteroatoms. The Kier molecular flexibility index (Phi) is 5.41. The fourth-order valence-electron chi connectivity index (χ4n) is 4.67. The van der Waals surface area contributed by atoms with Crippen LogP contribution in [0.2, 0.25) is 0 Å². The molecule has 0 aromatic heterocycles. The van der Waals surface area contributed by atoms with Crippen LogP contribution in [0.4, 0.5) is 4.39 Å². The predicted octanol–water partition coefficient (Wildman–Crippen LogP) is 2.60. The molecule has 3 aliphatic rings. The van der Waals surface area contributed by atoms with E-state index < -0.39 is 6.17 Å². The van der Waals surface area contributed by atoms with Gasteiger partial charge >= 0.3 is 0 Å². The molecule has 122 valence electrons. The van der Waals surface area contributed by atoms with Crippen LogP contribution in [-0.4, -0.2) is 37.0 Å². The zero-order valence-corrected chi connectivity index (χ0v) is 13.7. The van der Waals surface area contributed by atoms with Crippen molar-refractivity contribution < 1.29 is 4.39 Å². The van der Waals surface area contributed by atoms with E-state index >= 15 is 0 Å².